The fraction of sp³-hybridized carbons (Fsp3) is 0.391. The number of nitrogens with one attached hydrogen (secondary N) is 1. The van der Waals surface area contributed by atoms with Crippen molar-refractivity contribution in [3.05, 3.63) is 69.5 Å². The molecule has 2 aromatic carbocycles. The SMILES string of the molecule is C[C@H](C(=O)NC1CCCC1)N(Cc1ccc(Cl)cc1Cl)C(=O)Cc1ccccc1F. The van der Waals surface area contributed by atoms with E-state index >= 15 is 0 Å². The molecule has 0 spiro atoms. The molecule has 1 saturated carbocycles. The number of hydrogen-bond acceptors (Lipinski definition) is 2. The number of nitrogens with zero attached hydrogens (tertiary/aromatic N) is 1. The zero-order valence-electron chi connectivity index (χ0n) is 16.8. The molecule has 4 nitrogen and oxygen atoms in total. The Balaban J connectivity index is 1.81. The van der Waals surface area contributed by atoms with Crippen LogP contribution in [0.5, 0.6) is 0 Å². The molecule has 0 bridgehead atoms. The number of carbonyl (C=O) groups is 2. The minimum absolute atomic E-state index is 0.128. The molecular weight excluding hydrogens is 426 g/mol. The quantitative estimate of drug-likeness (QED) is 0.633. The third kappa shape index (κ3) is 5.73. The highest BCUT2D eigenvalue weighted by Crippen LogP contribution is 2.24. The van der Waals surface area contributed by atoms with Crippen LogP contribution in [0.4, 0.5) is 4.39 Å². The molecule has 7 heteroatoms. The Morgan fingerprint density at radius 1 is 1.13 bits per heavy atom. The molecule has 0 aliphatic heterocycles. The van der Waals surface area contributed by atoms with Gasteiger partial charge in [-0.25, -0.2) is 4.39 Å². The first-order valence-corrected chi connectivity index (χ1v) is 10.9. The van der Waals surface area contributed by atoms with Gasteiger partial charge in [-0.05, 0) is 49.1 Å². The maximum atomic E-state index is 14.1. The van der Waals surface area contributed by atoms with Gasteiger partial charge in [-0.2, -0.15) is 0 Å². The largest absolute Gasteiger partial charge is 0.352 e. The highest BCUT2D eigenvalue weighted by Gasteiger charge is 2.29. The van der Waals surface area contributed by atoms with E-state index in [0.29, 0.717) is 15.6 Å². The molecule has 0 radical (unpaired) electrons. The van der Waals surface area contributed by atoms with Crippen LogP contribution in [0.3, 0.4) is 0 Å². The number of hydrogen-bond donors (Lipinski definition) is 1. The normalized spacial score (nSPS) is 15.1. The maximum Gasteiger partial charge on any atom is 0.242 e. The van der Waals surface area contributed by atoms with Gasteiger partial charge in [-0.15, -0.1) is 0 Å². The second-order valence-corrected chi connectivity index (χ2v) is 8.54. The summed E-state index contributed by atoms with van der Waals surface area (Å²) in [5, 5.41) is 3.94. The Bertz CT molecular complexity index is 916. The molecular formula is C23H25Cl2FN2O2. The molecule has 1 atom stereocenters. The molecule has 2 amide bonds. The van der Waals surface area contributed by atoms with E-state index in [4.69, 9.17) is 23.2 Å². The molecule has 2 aromatic rings. The lowest BCUT2D eigenvalue weighted by molar-refractivity contribution is -0.140. The molecule has 30 heavy (non-hydrogen) atoms. The lowest BCUT2D eigenvalue weighted by atomic mass is 10.1. The zero-order valence-corrected chi connectivity index (χ0v) is 18.3. The van der Waals surface area contributed by atoms with Crippen molar-refractivity contribution in [2.75, 3.05) is 0 Å². The van der Waals surface area contributed by atoms with Crippen LogP contribution in [0, 0.1) is 5.82 Å². The van der Waals surface area contributed by atoms with E-state index in [0.717, 1.165) is 25.7 Å². The van der Waals surface area contributed by atoms with Gasteiger partial charge in [0.05, 0.1) is 6.42 Å². The summed E-state index contributed by atoms with van der Waals surface area (Å²) in [7, 11) is 0. The van der Waals surface area contributed by atoms with Crippen molar-refractivity contribution in [2.45, 2.75) is 57.7 Å². The highest BCUT2D eigenvalue weighted by atomic mass is 35.5. The van der Waals surface area contributed by atoms with Gasteiger partial charge in [0.1, 0.15) is 11.9 Å². The Hall–Kier alpha value is -2.11. The highest BCUT2D eigenvalue weighted by molar-refractivity contribution is 6.35. The summed E-state index contributed by atoms with van der Waals surface area (Å²) < 4.78 is 14.1. The zero-order chi connectivity index (χ0) is 21.7. The molecule has 1 aliphatic rings. The second kappa shape index (κ2) is 10.3. The van der Waals surface area contributed by atoms with Crippen LogP contribution in [-0.2, 0) is 22.6 Å². The van der Waals surface area contributed by atoms with Gasteiger partial charge < -0.3 is 10.2 Å². The van der Waals surface area contributed by atoms with Crippen molar-refractivity contribution >= 4 is 35.0 Å². The molecule has 0 aromatic heterocycles. The van der Waals surface area contributed by atoms with Crippen LogP contribution in [0.2, 0.25) is 10.0 Å². The smallest absolute Gasteiger partial charge is 0.242 e. The number of benzene rings is 2. The number of carbonyl (C=O) groups excluding carboxylic acids is 2. The van der Waals surface area contributed by atoms with Gasteiger partial charge in [0, 0.05) is 22.6 Å². The maximum absolute atomic E-state index is 14.1. The van der Waals surface area contributed by atoms with Crippen molar-refractivity contribution in [1.29, 1.82) is 0 Å². The predicted octanol–water partition coefficient (Wildman–Crippen LogP) is 5.15. The summed E-state index contributed by atoms with van der Waals surface area (Å²) in [6, 6.07) is 10.6. The number of halogens is 3. The number of amides is 2. The van der Waals surface area contributed by atoms with Crippen LogP contribution in [0.15, 0.2) is 42.5 Å². The summed E-state index contributed by atoms with van der Waals surface area (Å²) in [4.78, 5) is 27.5. The lowest BCUT2D eigenvalue weighted by Crippen LogP contribution is -2.50. The first-order chi connectivity index (χ1) is 14.3. The van der Waals surface area contributed by atoms with Crippen molar-refractivity contribution in [2.24, 2.45) is 0 Å². The standard InChI is InChI=1S/C23H25Cl2FN2O2/c1-15(23(30)27-19-7-3-4-8-19)28(14-17-10-11-18(24)13-20(17)25)22(29)12-16-6-2-5-9-21(16)26/h2,5-6,9-11,13,15,19H,3-4,7-8,12,14H2,1H3,(H,27,30)/t15-/m1/s1. The van der Waals surface area contributed by atoms with E-state index in [1.54, 1.807) is 43.3 Å². The van der Waals surface area contributed by atoms with E-state index in [1.165, 1.54) is 11.0 Å². The van der Waals surface area contributed by atoms with Crippen molar-refractivity contribution in [1.82, 2.24) is 10.2 Å². The van der Waals surface area contributed by atoms with Crippen molar-refractivity contribution < 1.29 is 14.0 Å². The van der Waals surface area contributed by atoms with Gasteiger partial charge in [0.15, 0.2) is 0 Å². The molecule has 0 unspecified atom stereocenters. The molecule has 1 fully saturated rings. The summed E-state index contributed by atoms with van der Waals surface area (Å²) in [5.74, 6) is -1.01. The van der Waals surface area contributed by atoms with Crippen LogP contribution in [0.25, 0.3) is 0 Å². The first-order valence-electron chi connectivity index (χ1n) is 10.1. The summed E-state index contributed by atoms with van der Waals surface area (Å²) >= 11 is 12.3. The molecule has 0 heterocycles. The van der Waals surface area contributed by atoms with Crippen LogP contribution >= 0.6 is 23.2 Å². The third-order valence-corrected chi connectivity index (χ3v) is 6.11. The summed E-state index contributed by atoms with van der Waals surface area (Å²) in [6.45, 7) is 1.82. The van der Waals surface area contributed by atoms with Gasteiger partial charge in [-0.3, -0.25) is 9.59 Å². The Morgan fingerprint density at radius 3 is 2.50 bits per heavy atom. The van der Waals surface area contributed by atoms with Crippen LogP contribution < -0.4 is 5.32 Å². The average Bonchev–Trinajstić information content (AvgIpc) is 3.21. The van der Waals surface area contributed by atoms with E-state index in [1.807, 2.05) is 0 Å². The van der Waals surface area contributed by atoms with Gasteiger partial charge in [0.2, 0.25) is 11.8 Å². The summed E-state index contributed by atoms with van der Waals surface area (Å²) in [5.41, 5.74) is 0.960. The lowest BCUT2D eigenvalue weighted by Gasteiger charge is -2.30. The van der Waals surface area contributed by atoms with Crippen molar-refractivity contribution in [3.8, 4) is 0 Å². The van der Waals surface area contributed by atoms with Gasteiger partial charge in [-0.1, -0.05) is 60.3 Å². The fourth-order valence-corrected chi connectivity index (χ4v) is 4.18. The Kier molecular flexibility index (Phi) is 7.73. The van der Waals surface area contributed by atoms with Gasteiger partial charge >= 0.3 is 0 Å². The molecule has 3 rings (SSSR count). The monoisotopic (exact) mass is 450 g/mol. The van der Waals surface area contributed by atoms with E-state index in [9.17, 15) is 14.0 Å². The minimum atomic E-state index is -0.725. The third-order valence-electron chi connectivity index (χ3n) is 5.52. The minimum Gasteiger partial charge on any atom is -0.352 e. The van der Waals surface area contributed by atoms with Crippen LogP contribution in [-0.4, -0.2) is 28.8 Å². The van der Waals surface area contributed by atoms with E-state index < -0.39 is 11.9 Å². The van der Waals surface area contributed by atoms with E-state index in [-0.39, 0.29) is 36.4 Å². The summed E-state index contributed by atoms with van der Waals surface area (Å²) in [6.07, 6.45) is 3.94. The Morgan fingerprint density at radius 2 is 1.83 bits per heavy atom. The topological polar surface area (TPSA) is 49.4 Å². The second-order valence-electron chi connectivity index (χ2n) is 7.69. The first kappa shape index (κ1) is 22.6. The van der Waals surface area contributed by atoms with Crippen LogP contribution in [0.1, 0.15) is 43.7 Å². The van der Waals surface area contributed by atoms with E-state index in [2.05, 4.69) is 5.32 Å². The Labute approximate surface area is 186 Å². The predicted molar refractivity (Wildman–Crippen MR) is 117 cm³/mol. The molecule has 0 saturated heterocycles. The average molecular weight is 451 g/mol. The van der Waals surface area contributed by atoms with Gasteiger partial charge in [0.25, 0.3) is 0 Å². The molecule has 160 valence electrons. The molecule has 1 N–H and O–H groups in total. The molecule has 1 aliphatic carbocycles. The van der Waals surface area contributed by atoms with Crippen molar-refractivity contribution in [3.63, 3.8) is 0 Å². The number of rotatable bonds is 7. The fourth-order valence-electron chi connectivity index (χ4n) is 3.71.